The molecule has 1 aromatic rings. The second kappa shape index (κ2) is 10.2. The molecule has 2 rings (SSSR count). The smallest absolute Gasteiger partial charge is 0.305 e. The van der Waals surface area contributed by atoms with Gasteiger partial charge >= 0.3 is 17.9 Å². The molecule has 0 bridgehead atoms. The lowest BCUT2D eigenvalue weighted by molar-refractivity contribution is -0.306. The third-order valence-corrected chi connectivity index (χ3v) is 3.94. The number of aliphatic hydroxyl groups is 1. The molecule has 1 aliphatic heterocycles. The molecule has 1 fully saturated rings. The quantitative estimate of drug-likeness (QED) is 0.525. The molecule has 5 atom stereocenters. The molecule has 28 heavy (non-hydrogen) atoms. The van der Waals surface area contributed by atoms with Gasteiger partial charge in [0, 0.05) is 20.8 Å². The van der Waals surface area contributed by atoms with Crippen molar-refractivity contribution in [1.29, 1.82) is 0 Å². The Morgan fingerprint density at radius 3 is 2.00 bits per heavy atom. The van der Waals surface area contributed by atoms with E-state index in [1.165, 1.54) is 20.8 Å². The van der Waals surface area contributed by atoms with Crippen molar-refractivity contribution in [2.75, 3.05) is 6.61 Å². The predicted octanol–water partition coefficient (Wildman–Crippen LogP) is 0.716. The molecule has 0 aromatic heterocycles. The first-order chi connectivity index (χ1) is 13.3. The van der Waals surface area contributed by atoms with Crippen LogP contribution in [0.25, 0.3) is 0 Å². The summed E-state index contributed by atoms with van der Waals surface area (Å²) in [7, 11) is 0. The standard InChI is InChI=1S/C19H24O9/c1-11(21)25-16-15(9-20)28-19(27-13(3)23)18(17(16)26-12(2)22)24-10-14-7-5-4-6-8-14/h4-8,15-20H,9-10H2,1-3H3/t15-,16-,17+,18+,19+/m1/s1. The van der Waals surface area contributed by atoms with Gasteiger partial charge in [-0.1, -0.05) is 30.3 Å². The number of benzene rings is 1. The fourth-order valence-electron chi connectivity index (χ4n) is 2.89. The topological polar surface area (TPSA) is 118 Å². The van der Waals surface area contributed by atoms with Crippen molar-refractivity contribution in [1.82, 2.24) is 0 Å². The fraction of sp³-hybridized carbons (Fsp3) is 0.526. The lowest BCUT2D eigenvalue weighted by Crippen LogP contribution is -2.62. The molecule has 0 radical (unpaired) electrons. The third kappa shape index (κ3) is 6.01. The van der Waals surface area contributed by atoms with E-state index in [0.717, 1.165) is 5.56 Å². The molecule has 1 N–H and O–H groups in total. The van der Waals surface area contributed by atoms with Crippen LogP contribution in [0.5, 0.6) is 0 Å². The highest BCUT2D eigenvalue weighted by Gasteiger charge is 2.51. The molecular formula is C19H24O9. The number of esters is 3. The minimum Gasteiger partial charge on any atom is -0.456 e. The highest BCUT2D eigenvalue weighted by atomic mass is 16.7. The summed E-state index contributed by atoms with van der Waals surface area (Å²) in [6.45, 7) is 3.09. The number of rotatable bonds is 7. The monoisotopic (exact) mass is 396 g/mol. The number of hydrogen-bond acceptors (Lipinski definition) is 9. The number of ether oxygens (including phenoxy) is 5. The number of aliphatic hydroxyl groups excluding tert-OH is 1. The highest BCUT2D eigenvalue weighted by molar-refractivity contribution is 5.68. The number of carbonyl (C=O) groups is 3. The van der Waals surface area contributed by atoms with Gasteiger partial charge in [0.25, 0.3) is 0 Å². The van der Waals surface area contributed by atoms with Gasteiger partial charge in [0.15, 0.2) is 18.3 Å². The Balaban J connectivity index is 2.32. The SMILES string of the molecule is CC(=O)O[C@H]1O[C@H](CO)[C@@H](OC(C)=O)[C@H](OC(C)=O)[C@@H]1OCc1ccccc1. The van der Waals surface area contributed by atoms with Gasteiger partial charge in [0.05, 0.1) is 13.2 Å². The van der Waals surface area contributed by atoms with Crippen molar-refractivity contribution in [3.05, 3.63) is 35.9 Å². The molecule has 1 aromatic carbocycles. The van der Waals surface area contributed by atoms with E-state index in [1.807, 2.05) is 30.3 Å². The Kier molecular flexibility index (Phi) is 7.91. The van der Waals surface area contributed by atoms with Crippen LogP contribution in [0.4, 0.5) is 0 Å². The fourth-order valence-corrected chi connectivity index (χ4v) is 2.89. The van der Waals surface area contributed by atoms with Gasteiger partial charge in [-0.05, 0) is 5.56 Å². The average molecular weight is 396 g/mol. The zero-order chi connectivity index (χ0) is 20.7. The Hall–Kier alpha value is -2.49. The van der Waals surface area contributed by atoms with E-state index in [2.05, 4.69) is 0 Å². The predicted molar refractivity (Wildman–Crippen MR) is 93.6 cm³/mol. The van der Waals surface area contributed by atoms with Gasteiger partial charge < -0.3 is 28.8 Å². The van der Waals surface area contributed by atoms with Gasteiger partial charge in [-0.2, -0.15) is 0 Å². The molecule has 0 aliphatic carbocycles. The largest absolute Gasteiger partial charge is 0.456 e. The summed E-state index contributed by atoms with van der Waals surface area (Å²) >= 11 is 0. The first-order valence-corrected chi connectivity index (χ1v) is 8.75. The summed E-state index contributed by atoms with van der Waals surface area (Å²) in [6, 6.07) is 9.15. The minimum absolute atomic E-state index is 0.0982. The van der Waals surface area contributed by atoms with E-state index in [9.17, 15) is 19.5 Å². The first-order valence-electron chi connectivity index (χ1n) is 8.75. The van der Waals surface area contributed by atoms with Crippen molar-refractivity contribution in [3.8, 4) is 0 Å². The van der Waals surface area contributed by atoms with Gasteiger partial charge in [0.2, 0.25) is 6.29 Å². The summed E-state index contributed by atoms with van der Waals surface area (Å²) < 4.78 is 27.1. The minimum atomic E-state index is -1.27. The Morgan fingerprint density at radius 1 is 0.893 bits per heavy atom. The van der Waals surface area contributed by atoms with Crippen LogP contribution < -0.4 is 0 Å². The van der Waals surface area contributed by atoms with E-state index in [0.29, 0.717) is 0 Å². The number of hydrogen-bond donors (Lipinski definition) is 1. The summed E-state index contributed by atoms with van der Waals surface area (Å²) in [5, 5.41) is 9.63. The molecule has 9 nitrogen and oxygen atoms in total. The molecule has 154 valence electrons. The van der Waals surface area contributed by atoms with Crippen LogP contribution in [0, 0.1) is 0 Å². The van der Waals surface area contributed by atoms with E-state index in [4.69, 9.17) is 23.7 Å². The second-order valence-corrected chi connectivity index (χ2v) is 6.24. The van der Waals surface area contributed by atoms with Gasteiger partial charge in [-0.3, -0.25) is 14.4 Å². The second-order valence-electron chi connectivity index (χ2n) is 6.24. The van der Waals surface area contributed by atoms with Crippen molar-refractivity contribution in [3.63, 3.8) is 0 Å². The Morgan fingerprint density at radius 2 is 1.46 bits per heavy atom. The molecule has 0 spiro atoms. The van der Waals surface area contributed by atoms with Gasteiger partial charge in [-0.15, -0.1) is 0 Å². The van der Waals surface area contributed by atoms with Gasteiger partial charge in [0.1, 0.15) is 6.10 Å². The molecule has 1 heterocycles. The van der Waals surface area contributed by atoms with Crippen LogP contribution >= 0.6 is 0 Å². The van der Waals surface area contributed by atoms with Gasteiger partial charge in [-0.25, -0.2) is 0 Å². The summed E-state index contributed by atoms with van der Waals surface area (Å²) in [5.41, 5.74) is 0.818. The lowest BCUT2D eigenvalue weighted by Gasteiger charge is -2.43. The van der Waals surface area contributed by atoms with E-state index in [1.54, 1.807) is 0 Å². The average Bonchev–Trinajstić information content (AvgIpc) is 2.62. The van der Waals surface area contributed by atoms with Crippen LogP contribution in [-0.4, -0.2) is 60.3 Å². The van der Waals surface area contributed by atoms with E-state index >= 15 is 0 Å². The summed E-state index contributed by atoms with van der Waals surface area (Å²) in [5.74, 6) is -1.96. The summed E-state index contributed by atoms with van der Waals surface area (Å²) in [4.78, 5) is 34.7. The number of carbonyl (C=O) groups excluding carboxylic acids is 3. The molecule has 9 heteroatoms. The maximum Gasteiger partial charge on any atom is 0.305 e. The molecule has 1 aliphatic rings. The van der Waals surface area contributed by atoms with Crippen LogP contribution in [0.3, 0.4) is 0 Å². The third-order valence-electron chi connectivity index (χ3n) is 3.94. The van der Waals surface area contributed by atoms with Crippen LogP contribution in [0.1, 0.15) is 26.3 Å². The molecule has 1 saturated heterocycles. The van der Waals surface area contributed by atoms with Crippen molar-refractivity contribution in [2.45, 2.75) is 58.1 Å². The van der Waals surface area contributed by atoms with E-state index < -0.39 is 55.2 Å². The highest BCUT2D eigenvalue weighted by Crippen LogP contribution is 2.30. The first kappa shape index (κ1) is 21.8. The maximum atomic E-state index is 11.7. The maximum absolute atomic E-state index is 11.7. The molecular weight excluding hydrogens is 372 g/mol. The zero-order valence-corrected chi connectivity index (χ0v) is 15.9. The lowest BCUT2D eigenvalue weighted by atomic mass is 9.98. The normalized spacial score (nSPS) is 26.9. The van der Waals surface area contributed by atoms with Crippen LogP contribution in [0.15, 0.2) is 30.3 Å². The molecule has 0 saturated carbocycles. The Labute approximate surface area is 162 Å². The van der Waals surface area contributed by atoms with Crippen molar-refractivity contribution >= 4 is 17.9 Å². The summed E-state index contributed by atoms with van der Waals surface area (Å²) in [6.07, 6.45) is -5.72. The van der Waals surface area contributed by atoms with Crippen LogP contribution in [0.2, 0.25) is 0 Å². The Bertz CT molecular complexity index is 675. The van der Waals surface area contributed by atoms with Crippen molar-refractivity contribution < 1.29 is 43.2 Å². The van der Waals surface area contributed by atoms with Crippen molar-refractivity contribution in [2.24, 2.45) is 0 Å². The zero-order valence-electron chi connectivity index (χ0n) is 15.9. The molecule has 0 amide bonds. The van der Waals surface area contributed by atoms with E-state index in [-0.39, 0.29) is 6.61 Å². The molecule has 0 unspecified atom stereocenters. The van der Waals surface area contributed by atoms with Crippen LogP contribution in [-0.2, 0) is 44.7 Å².